The Hall–Kier alpha value is -1.08. The molecule has 1 aromatic rings. The molecule has 13 heavy (non-hydrogen) atoms. The largest absolute Gasteiger partial charge is 0.384 e. The summed E-state index contributed by atoms with van der Waals surface area (Å²) in [5, 5.41) is 11.8. The van der Waals surface area contributed by atoms with Crippen LogP contribution in [-0.4, -0.2) is 11.5 Å². The van der Waals surface area contributed by atoms with E-state index >= 15 is 0 Å². The van der Waals surface area contributed by atoms with Crippen molar-refractivity contribution in [1.29, 1.82) is 5.26 Å². The Morgan fingerprint density at radius 2 is 2.46 bits per heavy atom. The van der Waals surface area contributed by atoms with Crippen molar-refractivity contribution < 1.29 is 0 Å². The molecular weight excluding hydrogens is 230 g/mol. The van der Waals surface area contributed by atoms with E-state index in [0.29, 0.717) is 5.69 Å². The van der Waals surface area contributed by atoms with Crippen LogP contribution in [0.15, 0.2) is 16.7 Å². The monoisotopic (exact) mass is 239 g/mol. The van der Waals surface area contributed by atoms with Crippen LogP contribution in [0, 0.1) is 11.3 Å². The van der Waals surface area contributed by atoms with Gasteiger partial charge in [0.15, 0.2) is 5.69 Å². The zero-order valence-corrected chi connectivity index (χ0v) is 8.93. The van der Waals surface area contributed by atoms with Crippen molar-refractivity contribution in [3.63, 3.8) is 0 Å². The molecule has 0 aliphatic carbocycles. The smallest absolute Gasteiger partial charge is 0.154 e. The minimum Gasteiger partial charge on any atom is -0.384 e. The van der Waals surface area contributed by atoms with Gasteiger partial charge in [-0.05, 0) is 28.4 Å². The van der Waals surface area contributed by atoms with Crippen LogP contribution in [0.5, 0.6) is 0 Å². The Labute approximate surface area is 85.9 Å². The summed E-state index contributed by atoms with van der Waals surface area (Å²) in [5.41, 5.74) is 1.36. The van der Waals surface area contributed by atoms with E-state index in [1.54, 1.807) is 6.20 Å². The van der Waals surface area contributed by atoms with Gasteiger partial charge in [0.25, 0.3) is 0 Å². The van der Waals surface area contributed by atoms with Crippen molar-refractivity contribution in [2.24, 2.45) is 0 Å². The highest BCUT2D eigenvalue weighted by Gasteiger charge is 2.00. The summed E-state index contributed by atoms with van der Waals surface area (Å²) in [6.07, 6.45) is 2.73. The van der Waals surface area contributed by atoms with Gasteiger partial charge < -0.3 is 5.32 Å². The van der Waals surface area contributed by atoms with Gasteiger partial charge in [-0.2, -0.15) is 5.26 Å². The fraction of sp³-hybridized carbons (Fsp3) is 0.333. The second-order valence-electron chi connectivity index (χ2n) is 2.59. The SMILES string of the molecule is CCCNc1cnc(C#N)c(Br)c1. The summed E-state index contributed by atoms with van der Waals surface area (Å²) >= 11 is 3.27. The highest BCUT2D eigenvalue weighted by atomic mass is 79.9. The van der Waals surface area contributed by atoms with Crippen LogP contribution in [-0.2, 0) is 0 Å². The Bertz CT molecular complexity index is 330. The van der Waals surface area contributed by atoms with Crippen molar-refractivity contribution in [2.75, 3.05) is 11.9 Å². The summed E-state index contributed by atoms with van der Waals surface area (Å²) in [7, 11) is 0. The lowest BCUT2D eigenvalue weighted by atomic mass is 10.3. The third kappa shape index (κ3) is 2.71. The van der Waals surface area contributed by atoms with Gasteiger partial charge in [0.1, 0.15) is 6.07 Å². The maximum Gasteiger partial charge on any atom is 0.154 e. The van der Waals surface area contributed by atoms with Gasteiger partial charge in [0, 0.05) is 6.54 Å². The molecule has 0 aliphatic heterocycles. The molecule has 0 amide bonds. The normalized spacial score (nSPS) is 9.31. The molecule has 0 spiro atoms. The predicted molar refractivity (Wildman–Crippen MR) is 55.4 cm³/mol. The second kappa shape index (κ2) is 4.83. The lowest BCUT2D eigenvalue weighted by Gasteiger charge is -2.04. The van der Waals surface area contributed by atoms with Crippen LogP contribution >= 0.6 is 15.9 Å². The van der Waals surface area contributed by atoms with Crippen LogP contribution < -0.4 is 5.32 Å². The number of anilines is 1. The van der Waals surface area contributed by atoms with E-state index in [0.717, 1.165) is 23.1 Å². The number of hydrogen-bond acceptors (Lipinski definition) is 3. The van der Waals surface area contributed by atoms with E-state index in [2.05, 4.69) is 33.2 Å². The third-order valence-electron chi connectivity index (χ3n) is 1.53. The molecule has 0 saturated carbocycles. The van der Waals surface area contributed by atoms with E-state index in [4.69, 9.17) is 5.26 Å². The molecule has 0 saturated heterocycles. The minimum atomic E-state index is 0.419. The molecule has 1 N–H and O–H groups in total. The first-order valence-corrected chi connectivity index (χ1v) is 4.86. The topological polar surface area (TPSA) is 48.7 Å². The number of halogens is 1. The molecule has 1 heterocycles. The third-order valence-corrected chi connectivity index (χ3v) is 2.13. The minimum absolute atomic E-state index is 0.419. The molecule has 0 aliphatic rings. The Balaban J connectivity index is 2.79. The fourth-order valence-electron chi connectivity index (χ4n) is 0.886. The second-order valence-corrected chi connectivity index (χ2v) is 3.45. The molecule has 4 heteroatoms. The first kappa shape index (κ1) is 10.0. The number of pyridine rings is 1. The van der Waals surface area contributed by atoms with E-state index < -0.39 is 0 Å². The molecular formula is C9H10BrN3. The van der Waals surface area contributed by atoms with Crippen LogP contribution in [0.4, 0.5) is 5.69 Å². The molecule has 0 unspecified atom stereocenters. The quantitative estimate of drug-likeness (QED) is 0.883. The number of nitriles is 1. The molecule has 0 radical (unpaired) electrons. The molecule has 3 nitrogen and oxygen atoms in total. The zero-order valence-electron chi connectivity index (χ0n) is 7.34. The van der Waals surface area contributed by atoms with E-state index in [1.807, 2.05) is 12.1 Å². The average molecular weight is 240 g/mol. The number of aromatic nitrogens is 1. The molecule has 0 fully saturated rings. The molecule has 0 atom stereocenters. The van der Waals surface area contributed by atoms with Gasteiger partial charge in [-0.3, -0.25) is 0 Å². The van der Waals surface area contributed by atoms with Gasteiger partial charge in [-0.1, -0.05) is 6.92 Å². The zero-order chi connectivity index (χ0) is 9.68. The van der Waals surface area contributed by atoms with Crippen molar-refractivity contribution in [3.05, 3.63) is 22.4 Å². The summed E-state index contributed by atoms with van der Waals surface area (Å²) in [6.45, 7) is 3.01. The molecule has 0 aromatic carbocycles. The van der Waals surface area contributed by atoms with E-state index in [-0.39, 0.29) is 0 Å². The van der Waals surface area contributed by atoms with Crippen LogP contribution in [0.25, 0.3) is 0 Å². The van der Waals surface area contributed by atoms with E-state index in [1.165, 1.54) is 0 Å². The van der Waals surface area contributed by atoms with Crippen molar-refractivity contribution in [2.45, 2.75) is 13.3 Å². The van der Waals surface area contributed by atoms with Crippen molar-refractivity contribution in [1.82, 2.24) is 4.98 Å². The van der Waals surface area contributed by atoms with Crippen LogP contribution in [0.1, 0.15) is 19.0 Å². The molecule has 1 rings (SSSR count). The lowest BCUT2D eigenvalue weighted by Crippen LogP contribution is -2.00. The maximum absolute atomic E-state index is 8.62. The Morgan fingerprint density at radius 3 is 3.00 bits per heavy atom. The van der Waals surface area contributed by atoms with Gasteiger partial charge >= 0.3 is 0 Å². The highest BCUT2D eigenvalue weighted by Crippen LogP contribution is 2.18. The highest BCUT2D eigenvalue weighted by molar-refractivity contribution is 9.10. The molecule has 1 aromatic heterocycles. The van der Waals surface area contributed by atoms with Crippen molar-refractivity contribution in [3.8, 4) is 6.07 Å². The number of hydrogen-bond donors (Lipinski definition) is 1. The Morgan fingerprint density at radius 1 is 1.69 bits per heavy atom. The van der Waals surface area contributed by atoms with E-state index in [9.17, 15) is 0 Å². The summed E-state index contributed by atoms with van der Waals surface area (Å²) in [4.78, 5) is 3.98. The van der Waals surface area contributed by atoms with Crippen molar-refractivity contribution >= 4 is 21.6 Å². The van der Waals surface area contributed by atoms with Gasteiger partial charge in [0.2, 0.25) is 0 Å². The van der Waals surface area contributed by atoms with Gasteiger partial charge in [-0.15, -0.1) is 0 Å². The number of nitrogens with one attached hydrogen (secondary N) is 1. The molecule has 0 bridgehead atoms. The first-order chi connectivity index (χ1) is 6.27. The summed E-state index contributed by atoms with van der Waals surface area (Å²) in [6, 6.07) is 3.86. The first-order valence-electron chi connectivity index (χ1n) is 4.07. The fourth-order valence-corrected chi connectivity index (χ4v) is 1.32. The summed E-state index contributed by atoms with van der Waals surface area (Å²) < 4.78 is 0.733. The number of rotatable bonds is 3. The standard InChI is InChI=1S/C9H10BrN3/c1-2-3-12-7-4-8(10)9(5-11)13-6-7/h4,6,12H,2-3H2,1H3. The van der Waals surface area contributed by atoms with Gasteiger partial charge in [-0.25, -0.2) is 4.98 Å². The number of nitrogens with zero attached hydrogens (tertiary/aromatic N) is 2. The van der Waals surface area contributed by atoms with Crippen LogP contribution in [0.3, 0.4) is 0 Å². The maximum atomic E-state index is 8.62. The lowest BCUT2D eigenvalue weighted by molar-refractivity contribution is 0.976. The predicted octanol–water partition coefficient (Wildman–Crippen LogP) is 2.54. The summed E-state index contributed by atoms with van der Waals surface area (Å²) in [5.74, 6) is 0. The average Bonchev–Trinajstić information content (AvgIpc) is 2.15. The molecule has 68 valence electrons. The van der Waals surface area contributed by atoms with Crippen LogP contribution in [0.2, 0.25) is 0 Å². The van der Waals surface area contributed by atoms with Gasteiger partial charge in [0.05, 0.1) is 16.4 Å². The Kier molecular flexibility index (Phi) is 3.71.